The summed E-state index contributed by atoms with van der Waals surface area (Å²) in [4.78, 5) is 16.2. The van der Waals surface area contributed by atoms with E-state index in [9.17, 15) is 4.79 Å². The molecule has 2 N–H and O–H groups in total. The summed E-state index contributed by atoms with van der Waals surface area (Å²) < 4.78 is 0. The number of anilines is 1. The minimum absolute atomic E-state index is 0.0335. The number of hydroxylamine groups is 1. The standard InChI is InChI=1S/C11H16N2O2/c1-8(2)15-13-11(14)12-10-6-4-9(3)5-7-10/h4-8H,1-3H3,(H2,12,13,14). The Balaban J connectivity index is 2.41. The highest BCUT2D eigenvalue weighted by Crippen LogP contribution is 2.07. The summed E-state index contributed by atoms with van der Waals surface area (Å²) in [5.74, 6) is 0. The minimum atomic E-state index is -0.368. The molecule has 1 aromatic rings. The second-order valence-corrected chi connectivity index (χ2v) is 3.59. The van der Waals surface area contributed by atoms with E-state index >= 15 is 0 Å². The lowest BCUT2D eigenvalue weighted by Crippen LogP contribution is -2.31. The van der Waals surface area contributed by atoms with E-state index in [0.717, 1.165) is 11.3 Å². The normalized spacial score (nSPS) is 10.1. The zero-order valence-electron chi connectivity index (χ0n) is 9.20. The number of carbonyl (C=O) groups excluding carboxylic acids is 1. The Morgan fingerprint density at radius 2 is 1.87 bits per heavy atom. The summed E-state index contributed by atoms with van der Waals surface area (Å²) in [6, 6.07) is 7.17. The number of benzene rings is 1. The van der Waals surface area contributed by atoms with Gasteiger partial charge < -0.3 is 5.32 Å². The van der Waals surface area contributed by atoms with Gasteiger partial charge in [0.05, 0.1) is 6.10 Å². The third-order valence-corrected chi connectivity index (χ3v) is 1.70. The SMILES string of the molecule is Cc1ccc(NC(=O)NOC(C)C)cc1. The number of amides is 2. The molecule has 0 unspecified atom stereocenters. The number of aryl methyl sites for hydroxylation is 1. The van der Waals surface area contributed by atoms with Gasteiger partial charge in [0.2, 0.25) is 0 Å². The van der Waals surface area contributed by atoms with Gasteiger partial charge in [-0.2, -0.15) is 0 Å². The molecule has 1 aromatic carbocycles. The van der Waals surface area contributed by atoms with Crippen molar-refractivity contribution in [3.63, 3.8) is 0 Å². The predicted octanol–water partition coefficient (Wildman–Crippen LogP) is 2.46. The van der Waals surface area contributed by atoms with Crippen molar-refractivity contribution in [3.05, 3.63) is 29.8 Å². The van der Waals surface area contributed by atoms with E-state index in [-0.39, 0.29) is 12.1 Å². The molecule has 0 aliphatic heterocycles. The van der Waals surface area contributed by atoms with Crippen LogP contribution in [0, 0.1) is 6.92 Å². The van der Waals surface area contributed by atoms with E-state index in [1.54, 1.807) is 0 Å². The van der Waals surface area contributed by atoms with E-state index in [1.165, 1.54) is 0 Å². The van der Waals surface area contributed by atoms with Gasteiger partial charge in [-0.15, -0.1) is 0 Å². The lowest BCUT2D eigenvalue weighted by molar-refractivity contribution is 0.0199. The molecule has 0 aliphatic carbocycles. The fraction of sp³-hybridized carbons (Fsp3) is 0.364. The maximum atomic E-state index is 11.3. The van der Waals surface area contributed by atoms with Gasteiger partial charge in [0, 0.05) is 5.69 Å². The van der Waals surface area contributed by atoms with E-state index in [1.807, 2.05) is 45.0 Å². The van der Waals surface area contributed by atoms with Gasteiger partial charge >= 0.3 is 6.03 Å². The van der Waals surface area contributed by atoms with Gasteiger partial charge in [-0.05, 0) is 32.9 Å². The van der Waals surface area contributed by atoms with Crippen molar-refractivity contribution in [2.24, 2.45) is 0 Å². The first-order valence-electron chi connectivity index (χ1n) is 4.87. The molecule has 2 amide bonds. The van der Waals surface area contributed by atoms with Crippen molar-refractivity contribution in [2.45, 2.75) is 26.9 Å². The van der Waals surface area contributed by atoms with Crippen molar-refractivity contribution >= 4 is 11.7 Å². The Kier molecular flexibility index (Phi) is 4.12. The molecule has 4 heteroatoms. The Bertz CT molecular complexity index is 320. The maximum Gasteiger partial charge on any atom is 0.343 e. The molecule has 0 radical (unpaired) electrons. The summed E-state index contributed by atoms with van der Waals surface area (Å²) in [6.07, 6.45) is -0.0335. The smallest absolute Gasteiger partial charge is 0.306 e. The number of nitrogens with one attached hydrogen (secondary N) is 2. The molecular weight excluding hydrogens is 192 g/mol. The van der Waals surface area contributed by atoms with Crippen LogP contribution < -0.4 is 10.8 Å². The van der Waals surface area contributed by atoms with Gasteiger partial charge in [-0.3, -0.25) is 4.84 Å². The van der Waals surface area contributed by atoms with E-state index in [0.29, 0.717) is 0 Å². The number of carbonyl (C=O) groups is 1. The molecule has 0 saturated carbocycles. The van der Waals surface area contributed by atoms with Crippen LogP contribution in [0.3, 0.4) is 0 Å². The molecule has 0 bridgehead atoms. The van der Waals surface area contributed by atoms with Crippen LogP contribution in [0.2, 0.25) is 0 Å². The summed E-state index contributed by atoms with van der Waals surface area (Å²) in [5, 5.41) is 2.65. The predicted molar refractivity (Wildman–Crippen MR) is 59.6 cm³/mol. The highest BCUT2D eigenvalue weighted by Gasteiger charge is 2.01. The molecule has 0 heterocycles. The molecule has 0 aromatic heterocycles. The highest BCUT2D eigenvalue weighted by atomic mass is 16.7. The molecule has 1 rings (SSSR count). The number of hydrogen-bond acceptors (Lipinski definition) is 2. The Morgan fingerprint density at radius 1 is 1.27 bits per heavy atom. The van der Waals surface area contributed by atoms with Gasteiger partial charge in [0.25, 0.3) is 0 Å². The van der Waals surface area contributed by atoms with Crippen LogP contribution in [0.15, 0.2) is 24.3 Å². The van der Waals surface area contributed by atoms with Gasteiger partial charge in [0.1, 0.15) is 0 Å². The molecule has 0 spiro atoms. The van der Waals surface area contributed by atoms with E-state index in [2.05, 4.69) is 10.8 Å². The summed E-state index contributed by atoms with van der Waals surface area (Å²) in [5.41, 5.74) is 4.19. The average Bonchev–Trinajstić information content (AvgIpc) is 2.19. The van der Waals surface area contributed by atoms with Crippen molar-refractivity contribution in [2.75, 3.05) is 5.32 Å². The molecule has 4 nitrogen and oxygen atoms in total. The van der Waals surface area contributed by atoms with Gasteiger partial charge in [-0.1, -0.05) is 17.7 Å². The second-order valence-electron chi connectivity index (χ2n) is 3.59. The average molecular weight is 208 g/mol. The summed E-state index contributed by atoms with van der Waals surface area (Å²) in [7, 11) is 0. The largest absolute Gasteiger partial charge is 0.343 e. The zero-order chi connectivity index (χ0) is 11.3. The van der Waals surface area contributed by atoms with Crippen molar-refractivity contribution < 1.29 is 9.63 Å². The van der Waals surface area contributed by atoms with Crippen molar-refractivity contribution in [1.29, 1.82) is 0 Å². The molecule has 0 saturated heterocycles. The van der Waals surface area contributed by atoms with Crippen LogP contribution in [-0.4, -0.2) is 12.1 Å². The Labute approximate surface area is 89.6 Å². The van der Waals surface area contributed by atoms with E-state index in [4.69, 9.17) is 4.84 Å². The first kappa shape index (κ1) is 11.5. The lowest BCUT2D eigenvalue weighted by Gasteiger charge is -2.09. The molecule has 0 atom stereocenters. The summed E-state index contributed by atoms with van der Waals surface area (Å²) in [6.45, 7) is 5.67. The number of rotatable bonds is 3. The van der Waals surface area contributed by atoms with Crippen LogP contribution in [0.25, 0.3) is 0 Å². The van der Waals surface area contributed by atoms with Crippen LogP contribution in [0.5, 0.6) is 0 Å². The molecular formula is C11H16N2O2. The maximum absolute atomic E-state index is 11.3. The lowest BCUT2D eigenvalue weighted by atomic mass is 10.2. The number of urea groups is 1. The Morgan fingerprint density at radius 3 is 2.40 bits per heavy atom. The quantitative estimate of drug-likeness (QED) is 0.750. The van der Waals surface area contributed by atoms with Crippen LogP contribution in [-0.2, 0) is 4.84 Å². The molecule has 82 valence electrons. The second kappa shape index (κ2) is 5.36. The zero-order valence-corrected chi connectivity index (χ0v) is 9.20. The van der Waals surface area contributed by atoms with Crippen molar-refractivity contribution in [1.82, 2.24) is 5.48 Å². The molecule has 0 aliphatic rings. The third kappa shape index (κ3) is 4.46. The fourth-order valence-electron chi connectivity index (χ4n) is 0.965. The minimum Gasteiger partial charge on any atom is -0.306 e. The number of hydrogen-bond donors (Lipinski definition) is 2. The highest BCUT2D eigenvalue weighted by molar-refractivity contribution is 5.88. The van der Waals surface area contributed by atoms with Crippen LogP contribution in [0.4, 0.5) is 10.5 Å². The fourth-order valence-corrected chi connectivity index (χ4v) is 0.965. The third-order valence-electron chi connectivity index (χ3n) is 1.70. The topological polar surface area (TPSA) is 50.4 Å². The first-order valence-corrected chi connectivity index (χ1v) is 4.87. The molecule has 0 fully saturated rings. The van der Waals surface area contributed by atoms with Gasteiger partial charge in [0.15, 0.2) is 0 Å². The first-order chi connectivity index (χ1) is 7.08. The molecule has 15 heavy (non-hydrogen) atoms. The Hall–Kier alpha value is -1.55. The van der Waals surface area contributed by atoms with Crippen LogP contribution in [0.1, 0.15) is 19.4 Å². The van der Waals surface area contributed by atoms with E-state index < -0.39 is 0 Å². The summed E-state index contributed by atoms with van der Waals surface area (Å²) >= 11 is 0. The monoisotopic (exact) mass is 208 g/mol. The van der Waals surface area contributed by atoms with Gasteiger partial charge in [-0.25, -0.2) is 10.3 Å². The van der Waals surface area contributed by atoms with Crippen LogP contribution >= 0.6 is 0 Å². The van der Waals surface area contributed by atoms with Crippen molar-refractivity contribution in [3.8, 4) is 0 Å².